The van der Waals surface area contributed by atoms with Crippen LogP contribution in [-0.4, -0.2) is 38.6 Å². The van der Waals surface area contributed by atoms with Crippen LogP contribution in [0.3, 0.4) is 0 Å². The predicted octanol–water partition coefficient (Wildman–Crippen LogP) is -1.10. The zero-order valence-corrected chi connectivity index (χ0v) is 7.15. The molecule has 13 heavy (non-hydrogen) atoms. The molecule has 0 aliphatic heterocycles. The summed E-state index contributed by atoms with van der Waals surface area (Å²) in [4.78, 5) is 11.6. The number of rotatable bonds is 4. The third-order valence-electron chi connectivity index (χ3n) is 1.22. The van der Waals surface area contributed by atoms with Gasteiger partial charge in [0.05, 0.1) is 0 Å². The van der Waals surface area contributed by atoms with E-state index in [0.717, 1.165) is 0 Å². The molecule has 0 saturated carbocycles. The van der Waals surface area contributed by atoms with Crippen molar-refractivity contribution in [2.75, 3.05) is 24.1 Å². The molecule has 7 heteroatoms. The van der Waals surface area contributed by atoms with Gasteiger partial charge in [-0.15, -0.1) is 0 Å². The average molecular weight is 185 g/mol. The number of nitrogens with one attached hydrogen (secondary N) is 2. The minimum Gasteiger partial charge on any atom is -0.376 e. The molecule has 0 unspecified atom stereocenters. The molecule has 0 fully saturated rings. The van der Waals surface area contributed by atoms with Crippen molar-refractivity contribution in [3.63, 3.8) is 0 Å². The summed E-state index contributed by atoms with van der Waals surface area (Å²) in [6.07, 6.45) is 0. The zero-order chi connectivity index (χ0) is 9.68. The van der Waals surface area contributed by atoms with Crippen molar-refractivity contribution in [1.82, 2.24) is 15.0 Å². The Bertz CT molecular complexity index is 255. The number of anilines is 2. The highest BCUT2D eigenvalue weighted by Crippen LogP contribution is 2.03. The van der Waals surface area contributed by atoms with Crippen LogP contribution >= 0.6 is 0 Å². The van der Waals surface area contributed by atoms with Gasteiger partial charge in [0.1, 0.15) is 19.3 Å². The van der Waals surface area contributed by atoms with E-state index in [0.29, 0.717) is 5.82 Å². The molecular formula is C6H11N5O2. The van der Waals surface area contributed by atoms with Crippen LogP contribution in [-0.2, 0) is 0 Å². The van der Waals surface area contributed by atoms with Crippen molar-refractivity contribution < 1.29 is 10.2 Å². The summed E-state index contributed by atoms with van der Waals surface area (Å²) in [5.41, 5.74) is 0. The lowest BCUT2D eigenvalue weighted by molar-refractivity contribution is 0.323. The third kappa shape index (κ3) is 2.80. The Kier molecular flexibility index (Phi) is 3.35. The van der Waals surface area contributed by atoms with Crippen LogP contribution in [0.5, 0.6) is 0 Å². The van der Waals surface area contributed by atoms with Gasteiger partial charge < -0.3 is 20.8 Å². The maximum atomic E-state index is 8.55. The van der Waals surface area contributed by atoms with Gasteiger partial charge >= 0.3 is 0 Å². The molecule has 0 aromatic carbocycles. The molecule has 72 valence electrons. The standard InChI is InChI=1S/C6H11N5O2/c1-4-9-5(7-2-12)11-6(10-4)8-3-13/h12-13H,2-3H2,1H3,(H2,7,8,9,10,11). The fraction of sp³-hybridized carbons (Fsp3) is 0.500. The van der Waals surface area contributed by atoms with Crippen LogP contribution in [0.15, 0.2) is 0 Å². The Morgan fingerprint density at radius 1 is 1.00 bits per heavy atom. The highest BCUT2D eigenvalue weighted by Gasteiger charge is 2.01. The van der Waals surface area contributed by atoms with Gasteiger partial charge in [-0.2, -0.15) is 15.0 Å². The largest absolute Gasteiger partial charge is 0.376 e. The summed E-state index contributed by atoms with van der Waals surface area (Å²) in [5, 5.41) is 22.1. The van der Waals surface area contributed by atoms with Gasteiger partial charge in [0, 0.05) is 0 Å². The number of aromatic nitrogens is 3. The molecule has 1 heterocycles. The normalized spacial score (nSPS) is 9.77. The van der Waals surface area contributed by atoms with Crippen LogP contribution in [0.2, 0.25) is 0 Å². The summed E-state index contributed by atoms with van der Waals surface area (Å²) in [6, 6.07) is 0. The summed E-state index contributed by atoms with van der Waals surface area (Å²) in [5.74, 6) is 1.04. The topological polar surface area (TPSA) is 103 Å². The first-order valence-corrected chi connectivity index (χ1v) is 3.68. The van der Waals surface area contributed by atoms with E-state index in [4.69, 9.17) is 10.2 Å². The third-order valence-corrected chi connectivity index (χ3v) is 1.22. The lowest BCUT2D eigenvalue weighted by Crippen LogP contribution is -2.11. The molecular weight excluding hydrogens is 174 g/mol. The molecule has 1 rings (SSSR count). The average Bonchev–Trinajstić information content (AvgIpc) is 2.04. The van der Waals surface area contributed by atoms with Crippen LogP contribution in [0.1, 0.15) is 5.82 Å². The first kappa shape index (κ1) is 9.62. The molecule has 0 bridgehead atoms. The van der Waals surface area contributed by atoms with Crippen LogP contribution in [0, 0.1) is 6.92 Å². The second-order valence-corrected chi connectivity index (χ2v) is 2.20. The Balaban J connectivity index is 2.83. The number of nitrogens with zero attached hydrogens (tertiary/aromatic N) is 3. The number of aliphatic hydroxyl groups is 2. The Labute approximate surface area is 74.9 Å². The van der Waals surface area contributed by atoms with Crippen molar-refractivity contribution in [2.45, 2.75) is 6.92 Å². The maximum absolute atomic E-state index is 8.55. The molecule has 7 nitrogen and oxygen atoms in total. The van der Waals surface area contributed by atoms with E-state index >= 15 is 0 Å². The number of aliphatic hydroxyl groups excluding tert-OH is 2. The summed E-state index contributed by atoms with van der Waals surface area (Å²) in [7, 11) is 0. The van der Waals surface area contributed by atoms with E-state index in [1.807, 2.05) is 0 Å². The summed E-state index contributed by atoms with van der Waals surface area (Å²) >= 11 is 0. The lowest BCUT2D eigenvalue weighted by atomic mass is 10.7. The minimum absolute atomic E-state index is 0.248. The van der Waals surface area contributed by atoms with Gasteiger partial charge in [0.15, 0.2) is 0 Å². The minimum atomic E-state index is -0.248. The fourth-order valence-corrected chi connectivity index (χ4v) is 0.781. The highest BCUT2D eigenvalue weighted by molar-refractivity contribution is 5.33. The highest BCUT2D eigenvalue weighted by atomic mass is 16.3. The predicted molar refractivity (Wildman–Crippen MR) is 46.0 cm³/mol. The molecule has 4 N–H and O–H groups in total. The van der Waals surface area contributed by atoms with E-state index in [-0.39, 0.29) is 25.4 Å². The van der Waals surface area contributed by atoms with Gasteiger partial charge in [-0.3, -0.25) is 0 Å². The zero-order valence-electron chi connectivity index (χ0n) is 7.15. The summed E-state index contributed by atoms with van der Waals surface area (Å²) in [6.45, 7) is 1.19. The number of hydrogen-bond acceptors (Lipinski definition) is 7. The number of hydrogen-bond donors (Lipinski definition) is 4. The Morgan fingerprint density at radius 3 is 1.85 bits per heavy atom. The van der Waals surface area contributed by atoms with Crippen LogP contribution in [0.25, 0.3) is 0 Å². The van der Waals surface area contributed by atoms with Crippen molar-refractivity contribution in [3.8, 4) is 0 Å². The smallest absolute Gasteiger partial charge is 0.229 e. The Hall–Kier alpha value is -1.47. The molecule has 1 aromatic rings. The second kappa shape index (κ2) is 4.53. The molecule has 0 spiro atoms. The molecule has 0 amide bonds. The molecule has 1 aromatic heterocycles. The van der Waals surface area contributed by atoms with Gasteiger partial charge in [-0.25, -0.2) is 0 Å². The van der Waals surface area contributed by atoms with Gasteiger partial charge in [-0.1, -0.05) is 0 Å². The molecule has 0 aliphatic rings. The van der Waals surface area contributed by atoms with E-state index in [2.05, 4.69) is 25.6 Å². The van der Waals surface area contributed by atoms with Crippen molar-refractivity contribution in [3.05, 3.63) is 5.82 Å². The lowest BCUT2D eigenvalue weighted by Gasteiger charge is -2.04. The monoisotopic (exact) mass is 185 g/mol. The first-order valence-electron chi connectivity index (χ1n) is 3.68. The molecule has 0 radical (unpaired) electrons. The second-order valence-electron chi connectivity index (χ2n) is 2.20. The van der Waals surface area contributed by atoms with E-state index in [1.165, 1.54) is 0 Å². The van der Waals surface area contributed by atoms with Crippen LogP contribution < -0.4 is 10.6 Å². The molecule has 0 aliphatic carbocycles. The van der Waals surface area contributed by atoms with Crippen molar-refractivity contribution >= 4 is 11.9 Å². The van der Waals surface area contributed by atoms with Gasteiger partial charge in [-0.05, 0) is 6.92 Å². The van der Waals surface area contributed by atoms with E-state index in [9.17, 15) is 0 Å². The van der Waals surface area contributed by atoms with Crippen molar-refractivity contribution in [1.29, 1.82) is 0 Å². The number of aryl methyl sites for hydroxylation is 1. The van der Waals surface area contributed by atoms with Crippen LogP contribution in [0.4, 0.5) is 11.9 Å². The van der Waals surface area contributed by atoms with Gasteiger partial charge in [0.2, 0.25) is 11.9 Å². The maximum Gasteiger partial charge on any atom is 0.229 e. The SMILES string of the molecule is Cc1nc(NCO)nc(NCO)n1. The van der Waals surface area contributed by atoms with E-state index in [1.54, 1.807) is 6.92 Å². The summed E-state index contributed by atoms with van der Waals surface area (Å²) < 4.78 is 0. The van der Waals surface area contributed by atoms with Gasteiger partial charge in [0.25, 0.3) is 0 Å². The Morgan fingerprint density at radius 2 is 1.46 bits per heavy atom. The first-order chi connectivity index (χ1) is 6.26. The van der Waals surface area contributed by atoms with E-state index < -0.39 is 0 Å². The fourth-order valence-electron chi connectivity index (χ4n) is 0.781. The molecule has 0 atom stereocenters. The molecule has 0 saturated heterocycles. The quantitative estimate of drug-likeness (QED) is 0.441. The van der Waals surface area contributed by atoms with Crippen molar-refractivity contribution in [2.24, 2.45) is 0 Å².